The van der Waals surface area contributed by atoms with Crippen molar-refractivity contribution in [2.75, 3.05) is 18.4 Å². The lowest BCUT2D eigenvalue weighted by Gasteiger charge is -2.35. The van der Waals surface area contributed by atoms with Crippen LogP contribution in [0.25, 0.3) is 0 Å². The number of carboxylic acids is 1. The molecule has 1 heterocycles. The Morgan fingerprint density at radius 3 is 2.52 bits per heavy atom. The Morgan fingerprint density at radius 2 is 1.95 bits per heavy atom. The molecule has 0 spiro atoms. The van der Waals surface area contributed by atoms with Gasteiger partial charge in [-0.3, -0.25) is 0 Å². The van der Waals surface area contributed by atoms with Gasteiger partial charge >= 0.3 is 12.0 Å². The molecule has 2 N–H and O–H groups in total. The fraction of sp³-hybridized carbons (Fsp3) is 0.429. The van der Waals surface area contributed by atoms with E-state index in [0.29, 0.717) is 23.2 Å². The van der Waals surface area contributed by atoms with Gasteiger partial charge in [-0.25, -0.2) is 9.59 Å². The number of amides is 2. The zero-order valence-electron chi connectivity index (χ0n) is 11.8. The molecule has 21 heavy (non-hydrogen) atoms. The zero-order valence-corrected chi connectivity index (χ0v) is 13.4. The van der Waals surface area contributed by atoms with Gasteiger partial charge in [0.05, 0.1) is 17.8 Å². The molecule has 1 aromatic rings. The number of urea groups is 1. The van der Waals surface area contributed by atoms with Crippen LogP contribution in [0.5, 0.6) is 0 Å². The summed E-state index contributed by atoms with van der Waals surface area (Å²) in [4.78, 5) is 25.0. The molecular weight excluding hydrogens is 340 g/mol. The minimum absolute atomic E-state index is 0.0148. The summed E-state index contributed by atoms with van der Waals surface area (Å²) in [7, 11) is 0. The maximum atomic E-state index is 12.2. The number of carbonyl (C=O) groups excluding carboxylic acids is 1. The number of ether oxygens (including phenoxy) is 1. The number of carbonyl (C=O) groups is 2. The van der Waals surface area contributed by atoms with Crippen LogP contribution in [-0.2, 0) is 4.74 Å². The summed E-state index contributed by atoms with van der Waals surface area (Å²) >= 11 is 3.17. The lowest BCUT2D eigenvalue weighted by atomic mass is 10.2. The Balaban J connectivity index is 2.09. The van der Waals surface area contributed by atoms with Crippen LogP contribution in [0, 0.1) is 0 Å². The van der Waals surface area contributed by atoms with E-state index >= 15 is 0 Å². The van der Waals surface area contributed by atoms with Crippen LogP contribution in [0.2, 0.25) is 0 Å². The third kappa shape index (κ3) is 3.95. The number of rotatable bonds is 2. The number of hydrogen-bond acceptors (Lipinski definition) is 3. The Morgan fingerprint density at radius 1 is 1.33 bits per heavy atom. The molecule has 7 heteroatoms. The molecule has 0 unspecified atom stereocenters. The molecule has 1 aromatic carbocycles. The van der Waals surface area contributed by atoms with Crippen LogP contribution in [0.4, 0.5) is 10.5 Å². The standard InChI is InChI=1S/C14H17BrN2O4/c1-8-6-17(7-9(2)21-8)14(20)16-10-3-4-12(15)11(5-10)13(18)19/h3-5,8-9H,6-7H2,1-2H3,(H,16,20)(H,18,19)/t8-,9+. The van der Waals surface area contributed by atoms with E-state index in [0.717, 1.165) is 0 Å². The molecule has 1 aliphatic heterocycles. The monoisotopic (exact) mass is 356 g/mol. The van der Waals surface area contributed by atoms with E-state index in [1.54, 1.807) is 17.0 Å². The fourth-order valence-corrected chi connectivity index (χ4v) is 2.73. The summed E-state index contributed by atoms with van der Waals surface area (Å²) in [6.07, 6.45) is -0.0296. The fourth-order valence-electron chi connectivity index (χ4n) is 2.31. The predicted octanol–water partition coefficient (Wildman–Crippen LogP) is 2.79. The van der Waals surface area contributed by atoms with Crippen molar-refractivity contribution in [1.82, 2.24) is 4.90 Å². The van der Waals surface area contributed by atoms with Gasteiger partial charge in [0.1, 0.15) is 0 Å². The minimum atomic E-state index is -1.05. The Hall–Kier alpha value is -1.60. The van der Waals surface area contributed by atoms with Crippen molar-refractivity contribution in [2.24, 2.45) is 0 Å². The Bertz CT molecular complexity index is 554. The number of nitrogens with zero attached hydrogens (tertiary/aromatic N) is 1. The average molecular weight is 357 g/mol. The van der Waals surface area contributed by atoms with Crippen molar-refractivity contribution >= 4 is 33.6 Å². The third-order valence-electron chi connectivity index (χ3n) is 3.15. The van der Waals surface area contributed by atoms with Gasteiger partial charge in [-0.1, -0.05) is 0 Å². The number of anilines is 1. The normalized spacial score (nSPS) is 22.0. The second-order valence-electron chi connectivity index (χ2n) is 5.09. The van der Waals surface area contributed by atoms with Crippen LogP contribution in [0.1, 0.15) is 24.2 Å². The second-order valence-corrected chi connectivity index (χ2v) is 5.95. The minimum Gasteiger partial charge on any atom is -0.478 e. The molecule has 2 amide bonds. The number of carboxylic acid groups (broad SMARTS) is 1. The first-order valence-corrected chi connectivity index (χ1v) is 7.40. The van der Waals surface area contributed by atoms with Gasteiger partial charge in [-0.15, -0.1) is 0 Å². The molecule has 114 valence electrons. The van der Waals surface area contributed by atoms with Gasteiger partial charge in [0.25, 0.3) is 0 Å². The summed E-state index contributed by atoms with van der Waals surface area (Å²) in [5, 5.41) is 11.8. The maximum absolute atomic E-state index is 12.2. The molecule has 1 fully saturated rings. The van der Waals surface area contributed by atoms with E-state index in [9.17, 15) is 9.59 Å². The first-order chi connectivity index (χ1) is 9.86. The van der Waals surface area contributed by atoms with E-state index in [-0.39, 0.29) is 23.8 Å². The van der Waals surface area contributed by atoms with Crippen LogP contribution < -0.4 is 5.32 Å². The molecule has 0 radical (unpaired) electrons. The van der Waals surface area contributed by atoms with Gasteiger partial charge in [-0.2, -0.15) is 0 Å². The summed E-state index contributed by atoms with van der Waals surface area (Å²) in [6.45, 7) is 4.85. The van der Waals surface area contributed by atoms with E-state index in [1.165, 1.54) is 6.07 Å². The number of morpholine rings is 1. The van der Waals surface area contributed by atoms with Gasteiger partial charge in [0, 0.05) is 23.2 Å². The first-order valence-electron chi connectivity index (χ1n) is 6.61. The highest BCUT2D eigenvalue weighted by molar-refractivity contribution is 9.10. The summed E-state index contributed by atoms with van der Waals surface area (Å²) in [6, 6.07) is 4.43. The van der Waals surface area contributed by atoms with Crippen LogP contribution >= 0.6 is 15.9 Å². The van der Waals surface area contributed by atoms with Crippen molar-refractivity contribution in [3.8, 4) is 0 Å². The molecular formula is C14H17BrN2O4. The maximum Gasteiger partial charge on any atom is 0.336 e. The molecule has 1 aliphatic rings. The second kappa shape index (κ2) is 6.44. The Labute approximate surface area is 131 Å². The smallest absolute Gasteiger partial charge is 0.336 e. The van der Waals surface area contributed by atoms with E-state index in [1.807, 2.05) is 13.8 Å². The topological polar surface area (TPSA) is 78.9 Å². The highest BCUT2D eigenvalue weighted by Gasteiger charge is 2.26. The zero-order chi connectivity index (χ0) is 15.6. The van der Waals surface area contributed by atoms with E-state index < -0.39 is 5.97 Å². The van der Waals surface area contributed by atoms with Crippen molar-refractivity contribution in [1.29, 1.82) is 0 Å². The van der Waals surface area contributed by atoms with Gasteiger partial charge in [-0.05, 0) is 48.0 Å². The van der Waals surface area contributed by atoms with Gasteiger partial charge in [0.2, 0.25) is 0 Å². The van der Waals surface area contributed by atoms with Crippen molar-refractivity contribution < 1.29 is 19.4 Å². The molecule has 2 atom stereocenters. The lowest BCUT2D eigenvalue weighted by molar-refractivity contribution is -0.0530. The third-order valence-corrected chi connectivity index (χ3v) is 3.85. The van der Waals surface area contributed by atoms with Crippen molar-refractivity contribution in [3.63, 3.8) is 0 Å². The number of nitrogens with one attached hydrogen (secondary N) is 1. The molecule has 0 bridgehead atoms. The Kier molecular flexibility index (Phi) is 4.84. The molecule has 0 saturated carbocycles. The lowest BCUT2D eigenvalue weighted by Crippen LogP contribution is -2.49. The van der Waals surface area contributed by atoms with Gasteiger partial charge < -0.3 is 20.1 Å². The van der Waals surface area contributed by atoms with Crippen molar-refractivity contribution in [2.45, 2.75) is 26.1 Å². The quantitative estimate of drug-likeness (QED) is 0.853. The van der Waals surface area contributed by atoms with Crippen LogP contribution in [0.3, 0.4) is 0 Å². The van der Waals surface area contributed by atoms with Crippen LogP contribution in [-0.4, -0.2) is 47.3 Å². The number of hydrogen-bond donors (Lipinski definition) is 2. The average Bonchev–Trinajstić information content (AvgIpc) is 2.39. The first kappa shape index (κ1) is 15.8. The van der Waals surface area contributed by atoms with Crippen LogP contribution in [0.15, 0.2) is 22.7 Å². The van der Waals surface area contributed by atoms with Crippen molar-refractivity contribution in [3.05, 3.63) is 28.2 Å². The highest BCUT2D eigenvalue weighted by atomic mass is 79.9. The molecule has 0 aliphatic carbocycles. The highest BCUT2D eigenvalue weighted by Crippen LogP contribution is 2.22. The SMILES string of the molecule is C[C@@H]1CN(C(=O)Nc2ccc(Br)c(C(=O)O)c2)C[C@H](C)O1. The molecule has 0 aromatic heterocycles. The number of halogens is 1. The molecule has 1 saturated heterocycles. The predicted molar refractivity (Wildman–Crippen MR) is 81.7 cm³/mol. The summed E-state index contributed by atoms with van der Waals surface area (Å²) in [5.74, 6) is -1.05. The molecule has 2 rings (SSSR count). The number of benzene rings is 1. The number of aromatic carboxylic acids is 1. The van der Waals surface area contributed by atoms with E-state index in [4.69, 9.17) is 9.84 Å². The summed E-state index contributed by atoms with van der Waals surface area (Å²) in [5.41, 5.74) is 0.559. The van der Waals surface area contributed by atoms with Gasteiger partial charge in [0.15, 0.2) is 0 Å². The van der Waals surface area contributed by atoms with E-state index in [2.05, 4.69) is 21.2 Å². The molecule has 6 nitrogen and oxygen atoms in total. The largest absolute Gasteiger partial charge is 0.478 e. The summed E-state index contributed by atoms with van der Waals surface area (Å²) < 4.78 is 6.05.